The Morgan fingerprint density at radius 3 is 0.977 bits per heavy atom. The average molecular weight is 621 g/mol. The molecule has 0 heterocycles. The van der Waals surface area contributed by atoms with Crippen LogP contribution in [0.1, 0.15) is 201 Å². The first kappa shape index (κ1) is 43.4. The number of allylic oxidation sites excluding steroid dienone is 4. The van der Waals surface area contributed by atoms with E-state index >= 15 is 0 Å². The van der Waals surface area contributed by atoms with Crippen LogP contribution >= 0.6 is 0 Å². The molecular weight excluding hydrogens is 540 g/mol. The predicted octanol–water partition coefficient (Wildman–Crippen LogP) is 13.1. The highest BCUT2D eigenvalue weighted by atomic mass is 16.5. The number of rotatable bonds is 37. The Morgan fingerprint density at radius 1 is 0.409 bits per heavy atom. The fraction of sp³-hybridized carbons (Fsp3) is 0.902. The number of aliphatic hydroxyl groups is 1. The van der Waals surface area contributed by atoms with Gasteiger partial charge in [0.15, 0.2) is 0 Å². The summed E-state index contributed by atoms with van der Waals surface area (Å²) < 4.78 is 11.9. The van der Waals surface area contributed by atoms with Crippen molar-refractivity contribution >= 4 is 0 Å². The number of aliphatic hydroxyl groups excluding tert-OH is 1. The summed E-state index contributed by atoms with van der Waals surface area (Å²) in [5, 5.41) is 9.90. The third-order valence-electron chi connectivity index (χ3n) is 8.88. The SMILES string of the molecule is CCCCCCCCC=CCCCCCCCCOCC(C)(CO)COCCCCCCCCC=CCCCCCCCC. The standard InChI is InChI=1S/C41H80O3/c1-4-6-8-10-12-14-16-18-20-22-24-26-28-30-32-34-36-43-39-41(3,38-42)40-44-37-35-33-31-29-27-25-23-21-19-17-15-13-11-9-7-5-2/h18-21,42H,4-17,22-40H2,1-3H3. The van der Waals surface area contributed by atoms with E-state index in [0.717, 1.165) is 26.1 Å². The first-order valence-corrected chi connectivity index (χ1v) is 19.7. The van der Waals surface area contributed by atoms with Gasteiger partial charge in [-0.3, -0.25) is 0 Å². The monoisotopic (exact) mass is 621 g/mol. The Bertz CT molecular complexity index is 538. The van der Waals surface area contributed by atoms with Crippen LogP contribution < -0.4 is 0 Å². The topological polar surface area (TPSA) is 38.7 Å². The molecule has 0 aliphatic carbocycles. The fourth-order valence-corrected chi connectivity index (χ4v) is 5.67. The van der Waals surface area contributed by atoms with E-state index in [-0.39, 0.29) is 12.0 Å². The number of hydrogen-bond donors (Lipinski definition) is 1. The molecule has 0 rings (SSSR count). The summed E-state index contributed by atoms with van der Waals surface area (Å²) in [6.45, 7) is 9.53. The smallest absolute Gasteiger partial charge is 0.0563 e. The van der Waals surface area contributed by atoms with E-state index < -0.39 is 0 Å². The summed E-state index contributed by atoms with van der Waals surface area (Å²) in [5.74, 6) is 0. The first-order chi connectivity index (χ1) is 21.7. The molecule has 0 spiro atoms. The van der Waals surface area contributed by atoms with Crippen LogP contribution in [0.4, 0.5) is 0 Å². The third kappa shape index (κ3) is 34.2. The lowest BCUT2D eigenvalue weighted by Crippen LogP contribution is -2.33. The molecule has 0 unspecified atom stereocenters. The second-order valence-electron chi connectivity index (χ2n) is 13.9. The first-order valence-electron chi connectivity index (χ1n) is 19.7. The minimum atomic E-state index is -0.287. The van der Waals surface area contributed by atoms with Gasteiger partial charge in [0.2, 0.25) is 0 Å². The molecule has 0 aliphatic rings. The van der Waals surface area contributed by atoms with Crippen molar-refractivity contribution < 1.29 is 14.6 Å². The minimum Gasteiger partial charge on any atom is -0.396 e. The van der Waals surface area contributed by atoms with Crippen LogP contribution in [-0.4, -0.2) is 38.1 Å². The molecule has 0 atom stereocenters. The molecule has 1 N–H and O–H groups in total. The molecule has 0 aliphatic heterocycles. The van der Waals surface area contributed by atoms with E-state index in [0.29, 0.717) is 13.2 Å². The van der Waals surface area contributed by atoms with Crippen LogP contribution in [0.3, 0.4) is 0 Å². The van der Waals surface area contributed by atoms with E-state index in [4.69, 9.17) is 9.47 Å². The predicted molar refractivity (Wildman–Crippen MR) is 196 cm³/mol. The quantitative estimate of drug-likeness (QED) is 0.0554. The summed E-state index contributed by atoms with van der Waals surface area (Å²) in [6, 6.07) is 0. The average Bonchev–Trinajstić information content (AvgIpc) is 3.03. The van der Waals surface area contributed by atoms with Crippen LogP contribution in [0.5, 0.6) is 0 Å². The van der Waals surface area contributed by atoms with Crippen LogP contribution in [0, 0.1) is 5.41 Å². The molecule has 3 heteroatoms. The van der Waals surface area contributed by atoms with Gasteiger partial charge in [-0.2, -0.15) is 0 Å². The third-order valence-corrected chi connectivity index (χ3v) is 8.88. The Labute approximate surface area is 277 Å². The molecule has 44 heavy (non-hydrogen) atoms. The Morgan fingerprint density at radius 2 is 0.682 bits per heavy atom. The summed E-state index contributed by atoms with van der Waals surface area (Å²) in [6.07, 6.45) is 46.7. The maximum atomic E-state index is 9.90. The zero-order valence-corrected chi connectivity index (χ0v) is 30.4. The maximum Gasteiger partial charge on any atom is 0.0563 e. The molecule has 0 aromatic carbocycles. The van der Waals surface area contributed by atoms with Crippen molar-refractivity contribution in [1.29, 1.82) is 0 Å². The van der Waals surface area contributed by atoms with E-state index in [1.807, 2.05) is 0 Å². The van der Waals surface area contributed by atoms with Crippen molar-refractivity contribution in [3.05, 3.63) is 24.3 Å². The highest BCUT2D eigenvalue weighted by Gasteiger charge is 2.24. The van der Waals surface area contributed by atoms with Crippen molar-refractivity contribution in [2.45, 2.75) is 201 Å². The lowest BCUT2D eigenvalue weighted by Gasteiger charge is -2.26. The van der Waals surface area contributed by atoms with E-state index in [9.17, 15) is 5.11 Å². The minimum absolute atomic E-state index is 0.119. The summed E-state index contributed by atoms with van der Waals surface area (Å²) in [4.78, 5) is 0. The van der Waals surface area contributed by atoms with Gasteiger partial charge in [0.1, 0.15) is 0 Å². The van der Waals surface area contributed by atoms with Gasteiger partial charge in [-0.25, -0.2) is 0 Å². The van der Waals surface area contributed by atoms with Crippen molar-refractivity contribution in [3.8, 4) is 0 Å². The molecule has 3 nitrogen and oxygen atoms in total. The molecule has 0 aromatic rings. The molecular formula is C41H80O3. The van der Waals surface area contributed by atoms with Gasteiger partial charge in [-0.1, -0.05) is 161 Å². The van der Waals surface area contributed by atoms with E-state index in [2.05, 4.69) is 45.1 Å². The Hall–Kier alpha value is -0.640. The van der Waals surface area contributed by atoms with Gasteiger partial charge < -0.3 is 14.6 Å². The zero-order valence-electron chi connectivity index (χ0n) is 30.4. The van der Waals surface area contributed by atoms with Crippen LogP contribution in [0.25, 0.3) is 0 Å². The Balaban J connectivity index is 3.44. The normalized spacial score (nSPS) is 13.5. The number of hydrogen-bond acceptors (Lipinski definition) is 3. The molecule has 0 bridgehead atoms. The largest absolute Gasteiger partial charge is 0.396 e. The van der Waals surface area contributed by atoms with Crippen LogP contribution in [0.15, 0.2) is 24.3 Å². The van der Waals surface area contributed by atoms with Crippen molar-refractivity contribution in [2.75, 3.05) is 33.0 Å². The molecule has 0 aromatic heterocycles. The van der Waals surface area contributed by atoms with E-state index in [1.54, 1.807) is 0 Å². The van der Waals surface area contributed by atoms with Gasteiger partial charge in [-0.05, 0) is 64.2 Å². The van der Waals surface area contributed by atoms with Gasteiger partial charge in [-0.15, -0.1) is 0 Å². The molecule has 0 radical (unpaired) electrons. The lowest BCUT2D eigenvalue weighted by atomic mass is 9.94. The maximum absolute atomic E-state index is 9.90. The molecule has 0 saturated heterocycles. The second-order valence-corrected chi connectivity index (χ2v) is 13.9. The van der Waals surface area contributed by atoms with Crippen LogP contribution in [0.2, 0.25) is 0 Å². The highest BCUT2D eigenvalue weighted by Crippen LogP contribution is 2.18. The number of ether oxygens (including phenoxy) is 2. The van der Waals surface area contributed by atoms with Gasteiger partial charge in [0.25, 0.3) is 0 Å². The summed E-state index contributed by atoms with van der Waals surface area (Å²) in [7, 11) is 0. The molecule has 0 saturated carbocycles. The zero-order chi connectivity index (χ0) is 32.1. The van der Waals surface area contributed by atoms with Gasteiger partial charge in [0, 0.05) is 18.6 Å². The fourth-order valence-electron chi connectivity index (χ4n) is 5.67. The second kappa shape index (κ2) is 36.8. The highest BCUT2D eigenvalue weighted by molar-refractivity contribution is 4.82. The summed E-state index contributed by atoms with van der Waals surface area (Å²) in [5.41, 5.74) is -0.287. The molecule has 0 fully saturated rings. The lowest BCUT2D eigenvalue weighted by molar-refractivity contribution is -0.0418. The van der Waals surface area contributed by atoms with Crippen molar-refractivity contribution in [3.63, 3.8) is 0 Å². The van der Waals surface area contributed by atoms with Gasteiger partial charge >= 0.3 is 0 Å². The molecule has 262 valence electrons. The van der Waals surface area contributed by atoms with Gasteiger partial charge in [0.05, 0.1) is 19.8 Å². The molecule has 0 amide bonds. The summed E-state index contributed by atoms with van der Waals surface area (Å²) >= 11 is 0. The van der Waals surface area contributed by atoms with Crippen molar-refractivity contribution in [2.24, 2.45) is 5.41 Å². The van der Waals surface area contributed by atoms with Crippen LogP contribution in [-0.2, 0) is 9.47 Å². The van der Waals surface area contributed by atoms with Crippen molar-refractivity contribution in [1.82, 2.24) is 0 Å². The van der Waals surface area contributed by atoms with E-state index in [1.165, 1.54) is 167 Å². The number of unbranched alkanes of at least 4 members (excludes halogenated alkanes) is 24. The Kier molecular flexibility index (Phi) is 36.3.